The summed E-state index contributed by atoms with van der Waals surface area (Å²) in [5, 5.41) is 0. The molecule has 6 heteroatoms. The Morgan fingerprint density at radius 2 is 1.93 bits per heavy atom. The van der Waals surface area contributed by atoms with Crippen molar-refractivity contribution in [1.82, 2.24) is 9.80 Å². The van der Waals surface area contributed by atoms with E-state index in [1.54, 1.807) is 29.2 Å². The lowest BCUT2D eigenvalue weighted by Gasteiger charge is -2.34. The first-order valence-corrected chi connectivity index (χ1v) is 11.4. The van der Waals surface area contributed by atoms with Crippen molar-refractivity contribution in [3.8, 4) is 0 Å². The van der Waals surface area contributed by atoms with Crippen LogP contribution in [0, 0.1) is 5.92 Å². The molecule has 27 heavy (non-hydrogen) atoms. The van der Waals surface area contributed by atoms with Gasteiger partial charge in [0.1, 0.15) is 0 Å². The van der Waals surface area contributed by atoms with Crippen LogP contribution in [-0.4, -0.2) is 62.1 Å². The van der Waals surface area contributed by atoms with Crippen molar-refractivity contribution in [2.24, 2.45) is 5.92 Å². The van der Waals surface area contributed by atoms with Crippen LogP contribution in [0.15, 0.2) is 35.2 Å². The summed E-state index contributed by atoms with van der Waals surface area (Å²) in [7, 11) is -1.50. The molecule has 1 atom stereocenters. The normalized spacial score (nSPS) is 19.0. The van der Waals surface area contributed by atoms with E-state index in [4.69, 9.17) is 0 Å². The number of amides is 1. The molecule has 0 aliphatic carbocycles. The van der Waals surface area contributed by atoms with Gasteiger partial charge in [0.25, 0.3) is 0 Å². The molecule has 2 rings (SSSR count). The maximum Gasteiger partial charge on any atom is 0.226 e. The maximum absolute atomic E-state index is 12.9. The Morgan fingerprint density at radius 1 is 1.26 bits per heavy atom. The Bertz CT molecular complexity index is 716. The maximum atomic E-state index is 12.9. The zero-order chi connectivity index (χ0) is 20.1. The third-order valence-corrected chi connectivity index (χ3v) is 8.29. The van der Waals surface area contributed by atoms with E-state index in [1.165, 1.54) is 0 Å². The molecule has 1 saturated heterocycles. The Kier molecular flexibility index (Phi) is 7.46. The first kappa shape index (κ1) is 21.9. The van der Waals surface area contributed by atoms with Gasteiger partial charge in [0.05, 0.1) is 15.6 Å². The minimum atomic E-state index is -3.36. The molecule has 1 heterocycles. The number of hydrogen-bond acceptors (Lipinski definition) is 4. The number of piperidine rings is 1. The molecule has 0 N–H and O–H groups in total. The number of rotatable bonds is 8. The van der Waals surface area contributed by atoms with Crippen molar-refractivity contribution in [3.63, 3.8) is 0 Å². The lowest BCUT2D eigenvalue weighted by Crippen LogP contribution is -2.44. The summed E-state index contributed by atoms with van der Waals surface area (Å²) in [4.78, 5) is 16.9. The fourth-order valence-corrected chi connectivity index (χ4v) is 5.28. The summed E-state index contributed by atoms with van der Waals surface area (Å²) in [6.45, 7) is 8.98. The molecule has 1 aliphatic heterocycles. The van der Waals surface area contributed by atoms with Crippen LogP contribution in [0.4, 0.5) is 0 Å². The summed E-state index contributed by atoms with van der Waals surface area (Å²) < 4.78 is 25.0. The Hall–Kier alpha value is -1.40. The predicted molar refractivity (Wildman–Crippen MR) is 109 cm³/mol. The van der Waals surface area contributed by atoms with E-state index in [0.717, 1.165) is 45.4 Å². The number of nitrogens with zero attached hydrogens (tertiary/aromatic N) is 2. The average molecular weight is 395 g/mol. The molecule has 1 aromatic carbocycles. The molecule has 1 amide bonds. The smallest absolute Gasteiger partial charge is 0.226 e. The second-order valence-electron chi connectivity index (χ2n) is 8.17. The number of carbonyl (C=O) groups is 1. The minimum Gasteiger partial charge on any atom is -0.346 e. The number of sulfone groups is 1. The highest BCUT2D eigenvalue weighted by Crippen LogP contribution is 2.30. The molecular formula is C21H34N2O3S. The van der Waals surface area contributed by atoms with Gasteiger partial charge < -0.3 is 9.80 Å². The summed E-state index contributed by atoms with van der Waals surface area (Å²) >= 11 is 0. The van der Waals surface area contributed by atoms with Crippen LogP contribution in [0.2, 0.25) is 0 Å². The highest BCUT2D eigenvalue weighted by atomic mass is 32.2. The van der Waals surface area contributed by atoms with Crippen LogP contribution in [0.3, 0.4) is 0 Å². The van der Waals surface area contributed by atoms with Gasteiger partial charge in [-0.1, -0.05) is 18.2 Å². The van der Waals surface area contributed by atoms with E-state index in [1.807, 2.05) is 33.9 Å². The second-order valence-corrected chi connectivity index (χ2v) is 10.8. The molecule has 1 aromatic rings. The van der Waals surface area contributed by atoms with Gasteiger partial charge in [0.15, 0.2) is 9.84 Å². The lowest BCUT2D eigenvalue weighted by molar-refractivity contribution is -0.135. The van der Waals surface area contributed by atoms with E-state index < -0.39 is 14.6 Å². The Labute approximate surface area is 164 Å². The van der Waals surface area contributed by atoms with Gasteiger partial charge in [0.2, 0.25) is 5.91 Å². The zero-order valence-electron chi connectivity index (χ0n) is 17.1. The first-order chi connectivity index (χ1) is 12.7. The standard InChI is InChI=1S/C21H34N2O3S/c1-5-22(4)20(24)18-11-9-15-23(17-18)16-10-14-21(2,3)27(25,26)19-12-7-6-8-13-19/h6-8,12-13,18H,5,9-11,14-17H2,1-4H3. The number of carbonyl (C=O) groups excluding carboxylic acids is 1. The largest absolute Gasteiger partial charge is 0.346 e. The van der Waals surface area contributed by atoms with Crippen LogP contribution in [0.5, 0.6) is 0 Å². The van der Waals surface area contributed by atoms with Crippen LogP contribution < -0.4 is 0 Å². The Morgan fingerprint density at radius 3 is 2.56 bits per heavy atom. The fraction of sp³-hybridized carbons (Fsp3) is 0.667. The van der Waals surface area contributed by atoms with Gasteiger partial charge >= 0.3 is 0 Å². The fourth-order valence-electron chi connectivity index (χ4n) is 3.71. The van der Waals surface area contributed by atoms with Gasteiger partial charge in [-0.05, 0) is 71.7 Å². The molecule has 0 radical (unpaired) electrons. The van der Waals surface area contributed by atoms with E-state index in [9.17, 15) is 13.2 Å². The highest BCUT2D eigenvalue weighted by Gasteiger charge is 2.35. The lowest BCUT2D eigenvalue weighted by atomic mass is 9.96. The summed E-state index contributed by atoms with van der Waals surface area (Å²) in [5.74, 6) is 0.305. The third kappa shape index (κ3) is 5.32. The molecule has 0 spiro atoms. The third-order valence-electron chi connectivity index (χ3n) is 5.74. The quantitative estimate of drug-likeness (QED) is 0.679. The SMILES string of the molecule is CCN(C)C(=O)C1CCCN(CCCC(C)(C)S(=O)(=O)c2ccccc2)C1. The molecule has 5 nitrogen and oxygen atoms in total. The van der Waals surface area contributed by atoms with Gasteiger partial charge in [0, 0.05) is 20.1 Å². The van der Waals surface area contributed by atoms with E-state index >= 15 is 0 Å². The first-order valence-electron chi connectivity index (χ1n) is 9.96. The molecule has 152 valence electrons. The molecule has 1 aliphatic rings. The summed E-state index contributed by atoms with van der Waals surface area (Å²) in [6, 6.07) is 8.70. The van der Waals surface area contributed by atoms with Crippen molar-refractivity contribution in [3.05, 3.63) is 30.3 Å². The van der Waals surface area contributed by atoms with Gasteiger partial charge in [-0.2, -0.15) is 0 Å². The molecular weight excluding hydrogens is 360 g/mol. The predicted octanol–water partition coefficient (Wildman–Crippen LogP) is 3.21. The number of benzene rings is 1. The highest BCUT2D eigenvalue weighted by molar-refractivity contribution is 7.92. The topological polar surface area (TPSA) is 57.7 Å². The van der Waals surface area contributed by atoms with Gasteiger partial charge in [-0.25, -0.2) is 8.42 Å². The number of likely N-dealkylation sites (tertiary alicyclic amines) is 1. The van der Waals surface area contributed by atoms with Crippen LogP contribution in [0.1, 0.15) is 46.5 Å². The minimum absolute atomic E-state index is 0.0739. The zero-order valence-corrected chi connectivity index (χ0v) is 18.0. The van der Waals surface area contributed by atoms with Gasteiger partial charge in [-0.15, -0.1) is 0 Å². The van der Waals surface area contributed by atoms with Crippen molar-refractivity contribution in [2.45, 2.75) is 56.1 Å². The molecule has 0 bridgehead atoms. The summed E-state index contributed by atoms with van der Waals surface area (Å²) in [6.07, 6.45) is 3.39. The average Bonchev–Trinajstić information content (AvgIpc) is 2.67. The van der Waals surface area contributed by atoms with Crippen LogP contribution in [0.25, 0.3) is 0 Å². The number of hydrogen-bond donors (Lipinski definition) is 0. The van der Waals surface area contributed by atoms with Crippen molar-refractivity contribution >= 4 is 15.7 Å². The second kappa shape index (κ2) is 9.20. The van der Waals surface area contributed by atoms with E-state index in [-0.39, 0.29) is 11.8 Å². The Balaban J connectivity index is 1.90. The van der Waals surface area contributed by atoms with Crippen molar-refractivity contribution in [1.29, 1.82) is 0 Å². The van der Waals surface area contributed by atoms with Crippen molar-refractivity contribution < 1.29 is 13.2 Å². The van der Waals surface area contributed by atoms with Gasteiger partial charge in [-0.3, -0.25) is 4.79 Å². The van der Waals surface area contributed by atoms with E-state index in [0.29, 0.717) is 11.3 Å². The van der Waals surface area contributed by atoms with E-state index in [2.05, 4.69) is 4.90 Å². The molecule has 1 unspecified atom stereocenters. The summed E-state index contributed by atoms with van der Waals surface area (Å²) in [5.41, 5.74) is 0. The molecule has 0 aromatic heterocycles. The van der Waals surface area contributed by atoms with Crippen LogP contribution in [-0.2, 0) is 14.6 Å². The molecule has 0 saturated carbocycles. The molecule has 1 fully saturated rings. The van der Waals surface area contributed by atoms with Crippen LogP contribution >= 0.6 is 0 Å². The van der Waals surface area contributed by atoms with Crippen molar-refractivity contribution in [2.75, 3.05) is 33.2 Å². The monoisotopic (exact) mass is 394 g/mol.